The molecule has 382 valence electrons. The summed E-state index contributed by atoms with van der Waals surface area (Å²) < 4.78 is 18.4. The maximum absolute atomic E-state index is 14.3. The number of aryl methyl sites for hydroxylation is 1. The van der Waals surface area contributed by atoms with Gasteiger partial charge in [0.2, 0.25) is 11.8 Å². The van der Waals surface area contributed by atoms with Gasteiger partial charge in [0.1, 0.15) is 30.1 Å². The lowest BCUT2D eigenvalue weighted by Gasteiger charge is -2.41. The van der Waals surface area contributed by atoms with E-state index in [1.807, 2.05) is 69.6 Å². The van der Waals surface area contributed by atoms with Gasteiger partial charge in [-0.15, -0.1) is 11.3 Å². The molecule has 2 aromatic carbocycles. The van der Waals surface area contributed by atoms with Crippen molar-refractivity contribution < 1.29 is 33.8 Å². The van der Waals surface area contributed by atoms with Crippen LogP contribution in [-0.4, -0.2) is 133 Å². The number of nitrogens with one attached hydrogen (secondary N) is 3. The fraction of sp³-hybridized carbons (Fsp3) is 0.500. The van der Waals surface area contributed by atoms with Crippen LogP contribution in [0.1, 0.15) is 100 Å². The number of hydrogen-bond acceptors (Lipinski definition) is 14. The Morgan fingerprint density at radius 3 is 2.46 bits per heavy atom. The number of anilines is 2. The quantitative estimate of drug-likeness (QED) is 0.0576. The van der Waals surface area contributed by atoms with Crippen molar-refractivity contribution in [2.24, 2.45) is 11.8 Å². The maximum atomic E-state index is 14.3. The lowest BCUT2D eigenvalue weighted by Crippen LogP contribution is -2.48. The van der Waals surface area contributed by atoms with Crippen molar-refractivity contribution in [3.8, 4) is 39.3 Å². The third-order valence-corrected chi connectivity index (χ3v) is 15.6. The van der Waals surface area contributed by atoms with Gasteiger partial charge in [-0.25, -0.2) is 4.98 Å². The summed E-state index contributed by atoms with van der Waals surface area (Å²) in [5, 5.41) is 34.4. The minimum Gasteiger partial charge on any atom is -0.507 e. The number of carbonyl (C=O) groups excluding carboxylic acids is 2. The number of amides is 2. The second kappa shape index (κ2) is 23.1. The lowest BCUT2D eigenvalue weighted by molar-refractivity contribution is -0.141. The van der Waals surface area contributed by atoms with E-state index in [-0.39, 0.29) is 67.4 Å². The Morgan fingerprint density at radius 2 is 1.74 bits per heavy atom. The van der Waals surface area contributed by atoms with E-state index >= 15 is 0 Å². The van der Waals surface area contributed by atoms with Crippen LogP contribution in [0.15, 0.2) is 77.0 Å². The van der Waals surface area contributed by atoms with Crippen molar-refractivity contribution >= 4 is 34.8 Å². The lowest BCUT2D eigenvalue weighted by atomic mass is 9.91. The van der Waals surface area contributed by atoms with Crippen LogP contribution < -0.4 is 16.0 Å². The van der Waals surface area contributed by atoms with Crippen molar-refractivity contribution in [1.29, 1.82) is 0 Å². The summed E-state index contributed by atoms with van der Waals surface area (Å²) in [6, 6.07) is 15.9. The van der Waals surface area contributed by atoms with Crippen LogP contribution in [0.3, 0.4) is 0 Å². The highest BCUT2D eigenvalue weighted by Crippen LogP contribution is 2.35. The van der Waals surface area contributed by atoms with Gasteiger partial charge in [0.05, 0.1) is 64.0 Å². The third kappa shape index (κ3) is 12.2. The van der Waals surface area contributed by atoms with E-state index in [9.17, 15) is 19.8 Å². The Hall–Kier alpha value is -6.23. The number of phenols is 1. The van der Waals surface area contributed by atoms with Gasteiger partial charge in [-0.3, -0.25) is 24.8 Å². The zero-order valence-corrected chi connectivity index (χ0v) is 42.4. The van der Waals surface area contributed by atoms with E-state index in [2.05, 4.69) is 52.3 Å². The van der Waals surface area contributed by atoms with Crippen LogP contribution in [0.4, 0.5) is 11.6 Å². The number of piperidine rings is 2. The number of aromatic amines is 2. The predicted octanol–water partition coefficient (Wildman–Crippen LogP) is 7.11. The normalized spacial score (nSPS) is 21.7. The molecule has 9 rings (SSSR count). The second-order valence-corrected chi connectivity index (χ2v) is 21.0. The summed E-state index contributed by atoms with van der Waals surface area (Å²) in [6.07, 6.45) is 9.03. The molecule has 0 spiro atoms. The topological polar surface area (TPSA) is 224 Å². The Balaban J connectivity index is 0.680. The molecule has 4 aliphatic rings. The Labute approximate surface area is 425 Å². The molecule has 6 heterocycles. The molecule has 3 saturated heterocycles. The van der Waals surface area contributed by atoms with Gasteiger partial charge < -0.3 is 50.0 Å². The number of benzene rings is 2. The van der Waals surface area contributed by atoms with Gasteiger partial charge in [-0.05, 0) is 74.6 Å². The molecule has 7 N–H and O–H groups in total. The summed E-state index contributed by atoms with van der Waals surface area (Å²) in [6.45, 7) is 13.1. The van der Waals surface area contributed by atoms with Gasteiger partial charge in [-0.1, -0.05) is 67.2 Å². The number of β-amino-alcohol motifs (C(OH)–C–C–N with tert-alkyl or cyclic N) is 1. The van der Waals surface area contributed by atoms with Crippen molar-refractivity contribution in [3.63, 3.8) is 0 Å². The first-order chi connectivity index (χ1) is 34.9. The first kappa shape index (κ1) is 50.7. The van der Waals surface area contributed by atoms with Crippen LogP contribution in [0, 0.1) is 30.6 Å². The monoisotopic (exact) mass is 1000 g/mol. The fourth-order valence-electron chi connectivity index (χ4n) is 10.4. The van der Waals surface area contributed by atoms with Gasteiger partial charge in [0.25, 0.3) is 0 Å². The molecule has 17 nitrogen and oxygen atoms in total. The van der Waals surface area contributed by atoms with Crippen molar-refractivity contribution in [3.05, 3.63) is 95.1 Å². The molecule has 0 radical (unpaired) electrons. The highest BCUT2D eigenvalue weighted by molar-refractivity contribution is 7.13. The highest BCUT2D eigenvalue weighted by Gasteiger charge is 2.44. The van der Waals surface area contributed by atoms with Crippen LogP contribution in [0.5, 0.6) is 5.75 Å². The number of likely N-dealkylation sites (tertiary alicyclic amines) is 2. The number of nitrogens with zero attached hydrogens (tertiary/aromatic N) is 6. The number of H-pyrrole nitrogens is 2. The minimum absolute atomic E-state index is 0.0836. The molecule has 3 aromatic heterocycles. The van der Waals surface area contributed by atoms with E-state index in [1.165, 1.54) is 4.90 Å². The molecule has 1 saturated carbocycles. The van der Waals surface area contributed by atoms with Crippen LogP contribution in [0.25, 0.3) is 21.7 Å². The SMILES string of the molecule is Cc1ncsc1-c1ccc([C@H](C)NC(=O)[C@@H]2C[C@@H](O)CN2C(=O)[C@@H](c2cc(N3CCC(CN4CCC(OC5CC(OCC#Cc6cncc(-c7ccccc7O)[nH][nH]c6N)C5)CC4)CC3)no2)C(C)C)cc1. The molecule has 0 bridgehead atoms. The summed E-state index contributed by atoms with van der Waals surface area (Å²) in [4.78, 5) is 44.3. The molecule has 3 aliphatic heterocycles. The number of thiazole rings is 1. The number of nitrogens with two attached hydrogens (primary N) is 1. The van der Waals surface area contributed by atoms with E-state index < -0.39 is 18.1 Å². The number of carbonyl (C=O) groups is 2. The second-order valence-electron chi connectivity index (χ2n) is 20.1. The number of rotatable bonds is 15. The van der Waals surface area contributed by atoms with Gasteiger partial charge in [-0.2, -0.15) is 0 Å². The molecule has 4 fully saturated rings. The molecule has 72 heavy (non-hydrogen) atoms. The summed E-state index contributed by atoms with van der Waals surface area (Å²) >= 11 is 1.60. The molecule has 18 heteroatoms. The van der Waals surface area contributed by atoms with Crippen molar-refractivity contribution in [1.82, 2.24) is 40.4 Å². The molecule has 1 aliphatic carbocycles. The van der Waals surface area contributed by atoms with Gasteiger partial charge >= 0.3 is 0 Å². The number of aliphatic hydroxyl groups is 1. The fourth-order valence-corrected chi connectivity index (χ4v) is 11.2. The van der Waals surface area contributed by atoms with Crippen LogP contribution >= 0.6 is 11.3 Å². The van der Waals surface area contributed by atoms with Crippen LogP contribution in [0.2, 0.25) is 0 Å². The predicted molar refractivity (Wildman–Crippen MR) is 276 cm³/mol. The average Bonchev–Trinajstić information content (AvgIpc) is 4.13. The largest absolute Gasteiger partial charge is 0.507 e. The van der Waals surface area contributed by atoms with Gasteiger partial charge in [0, 0.05) is 76.4 Å². The number of phenolic OH excluding ortho intramolecular Hbond substituents is 1. The van der Waals surface area contributed by atoms with E-state index in [1.54, 1.807) is 41.9 Å². The third-order valence-electron chi connectivity index (χ3n) is 14.7. The van der Waals surface area contributed by atoms with Gasteiger partial charge in [0.15, 0.2) is 11.6 Å². The number of nitrogen functional groups attached to an aromatic ring is 1. The molecular weight excluding hydrogens is 933 g/mol. The number of aromatic nitrogens is 5. The molecule has 4 atom stereocenters. The standard InChI is InChI=1S/C54H68N10O7S/c1-33(2)50(54(68)64-31-40(65)24-46(64)53(67)58-34(3)37-11-13-38(14-12-37)51-35(4)57-32-72-51)48-27-49(61-71-48)63-21-15-36(16-22-63)30-62-19-17-41(18-20-62)70-43-25-42(26-43)69-23-7-8-39-28-56-29-45(59-60-52(39)55)44-9-5-6-10-47(44)66/h5-6,9-14,27-29,32-34,36,40-43,46,50,59-60,65-66H,15-26,30-31,55H2,1-4H3,(H,58,67)/t34-,40+,42?,43?,46-,50+/m0/s1. The summed E-state index contributed by atoms with van der Waals surface area (Å²) in [5.74, 6) is 7.03. The Morgan fingerprint density at radius 1 is 0.972 bits per heavy atom. The number of para-hydroxylation sites is 1. The molecular formula is C54H68N10O7S. The first-order valence-electron chi connectivity index (χ1n) is 25.4. The van der Waals surface area contributed by atoms with Crippen LogP contribution in [-0.2, 0) is 19.1 Å². The number of ether oxygens (including phenoxy) is 2. The highest BCUT2D eigenvalue weighted by atomic mass is 32.1. The minimum atomic E-state index is -0.802. The number of hydrogen-bond donors (Lipinski definition) is 6. The Bertz CT molecular complexity index is 2730. The number of aromatic hydroxyl groups is 1. The first-order valence-corrected chi connectivity index (χ1v) is 26.3. The molecule has 2 amide bonds. The zero-order valence-electron chi connectivity index (χ0n) is 41.6. The van der Waals surface area contributed by atoms with E-state index in [0.29, 0.717) is 34.3 Å². The van der Waals surface area contributed by atoms with E-state index in [4.69, 9.17) is 19.7 Å². The smallest absolute Gasteiger partial charge is 0.243 e. The zero-order chi connectivity index (χ0) is 50.3. The maximum Gasteiger partial charge on any atom is 0.243 e. The number of aliphatic hydroxyl groups excluding tert-OH is 1. The van der Waals surface area contributed by atoms with Crippen molar-refractivity contribution in [2.75, 3.05) is 56.5 Å². The average molecular weight is 1000 g/mol. The summed E-state index contributed by atoms with van der Waals surface area (Å²) in [7, 11) is 0. The Kier molecular flexibility index (Phi) is 16.3. The summed E-state index contributed by atoms with van der Waals surface area (Å²) in [5.41, 5.74) is 12.8. The van der Waals surface area contributed by atoms with Crippen molar-refractivity contribution in [2.45, 2.75) is 115 Å². The van der Waals surface area contributed by atoms with E-state index in [0.717, 1.165) is 98.8 Å². The molecule has 0 unspecified atom stereocenters. The molecule has 5 aromatic rings.